The molecule has 3 aromatic carbocycles. The molecular formula is C56H70N6O13. The molecule has 402 valence electrons. The quantitative estimate of drug-likeness (QED) is 0.0355. The van der Waals surface area contributed by atoms with E-state index in [-0.39, 0.29) is 61.1 Å². The average Bonchev–Trinajstić information content (AvgIpc) is 4.06. The fraction of sp³-hybridized carbons (Fsp3) is 0.500. The second kappa shape index (κ2) is 23.1. The first-order valence-corrected chi connectivity index (χ1v) is 25.8. The highest BCUT2D eigenvalue weighted by molar-refractivity contribution is 6.26. The summed E-state index contributed by atoms with van der Waals surface area (Å²) in [6, 6.07) is 5.15. The summed E-state index contributed by atoms with van der Waals surface area (Å²) in [6.07, 6.45) is 10.9. The van der Waals surface area contributed by atoms with E-state index >= 15 is 0 Å². The monoisotopic (exact) mass is 1030 g/mol. The van der Waals surface area contributed by atoms with Crippen LogP contribution in [-0.4, -0.2) is 141 Å². The lowest BCUT2D eigenvalue weighted by Gasteiger charge is -2.38. The molecule has 19 nitrogen and oxygen atoms in total. The maximum atomic E-state index is 15.0. The number of piperazine rings is 1. The summed E-state index contributed by atoms with van der Waals surface area (Å²) < 4.78 is 39.1. The molecule has 3 aliphatic heterocycles. The minimum absolute atomic E-state index is 0.0132. The zero-order valence-corrected chi connectivity index (χ0v) is 44.2. The van der Waals surface area contributed by atoms with Gasteiger partial charge in [-0.05, 0) is 51.4 Å². The number of hydrogen-bond acceptors (Lipinski definition) is 17. The third-order valence-electron chi connectivity index (χ3n) is 15.1. The van der Waals surface area contributed by atoms with E-state index < -0.39 is 82.7 Å². The average molecular weight is 1040 g/mol. The molecule has 4 bridgehead atoms. The first-order chi connectivity index (χ1) is 35.8. The Balaban J connectivity index is 1.16. The Morgan fingerprint density at radius 3 is 2.35 bits per heavy atom. The predicted molar refractivity (Wildman–Crippen MR) is 282 cm³/mol. The molecule has 75 heavy (non-hydrogen) atoms. The van der Waals surface area contributed by atoms with Gasteiger partial charge in [0.25, 0.3) is 11.7 Å². The number of amides is 1. The molecule has 0 radical (unpaired) electrons. The number of methoxy groups -OCH3 is 1. The molecule has 0 saturated carbocycles. The Morgan fingerprint density at radius 1 is 0.920 bits per heavy atom. The van der Waals surface area contributed by atoms with Gasteiger partial charge in [0.1, 0.15) is 34.3 Å². The third-order valence-corrected chi connectivity index (χ3v) is 15.1. The van der Waals surface area contributed by atoms with Crippen LogP contribution in [0.2, 0.25) is 0 Å². The van der Waals surface area contributed by atoms with Gasteiger partial charge in [-0.3, -0.25) is 24.1 Å². The van der Waals surface area contributed by atoms with Crippen LogP contribution in [0.5, 0.6) is 17.2 Å². The number of Topliss-reactive ketones (excluding diaryl/α,β-unsaturated/α-hetero) is 1. The molecule has 5 aromatic rings. The minimum Gasteiger partial charge on any atom is -0.505 e. The van der Waals surface area contributed by atoms with Gasteiger partial charge < -0.3 is 58.2 Å². The number of benzene rings is 3. The van der Waals surface area contributed by atoms with Crippen molar-refractivity contribution in [2.45, 2.75) is 105 Å². The molecule has 9 atom stereocenters. The number of allylic oxidation sites excluding steroid dienone is 2. The molecule has 1 saturated heterocycles. The number of nitrogens with zero attached hydrogens (tertiary/aromatic N) is 5. The van der Waals surface area contributed by atoms with E-state index in [4.69, 9.17) is 33.1 Å². The number of aliphatic hydroxyl groups is 2. The first-order valence-electron chi connectivity index (χ1n) is 25.8. The number of aromatic hydroxyl groups is 1. The number of aromatic nitrogens is 3. The van der Waals surface area contributed by atoms with E-state index in [1.807, 2.05) is 12.5 Å². The molecular weight excluding hydrogens is 965 g/mol. The van der Waals surface area contributed by atoms with Crippen molar-refractivity contribution in [2.75, 3.05) is 58.3 Å². The fourth-order valence-electron chi connectivity index (χ4n) is 10.5. The Bertz CT molecular complexity index is 3070. The molecule has 0 unspecified atom stereocenters. The van der Waals surface area contributed by atoms with Crippen molar-refractivity contribution in [3.63, 3.8) is 0 Å². The normalized spacial score (nSPS) is 28.0. The number of nitrogens with one attached hydrogen (secondary N) is 1. The zero-order chi connectivity index (χ0) is 53.9. The fourth-order valence-corrected chi connectivity index (χ4v) is 10.5. The highest BCUT2D eigenvalue weighted by Crippen LogP contribution is 2.49. The number of aliphatic hydroxyl groups excluding tert-OH is 2. The first kappa shape index (κ1) is 54.6. The predicted octanol–water partition coefficient (Wildman–Crippen LogP) is 6.67. The number of imidazole rings is 1. The lowest BCUT2D eigenvalue weighted by atomic mass is 9.78. The van der Waals surface area contributed by atoms with Gasteiger partial charge in [-0.2, -0.15) is 0 Å². The van der Waals surface area contributed by atoms with Crippen molar-refractivity contribution in [3.05, 3.63) is 94.4 Å². The lowest BCUT2D eigenvalue weighted by Crippen LogP contribution is -2.47. The highest BCUT2D eigenvalue weighted by Gasteiger charge is 2.50. The Hall–Kier alpha value is -6.64. The van der Waals surface area contributed by atoms with E-state index in [0.29, 0.717) is 12.4 Å². The highest BCUT2D eigenvalue weighted by atomic mass is 16.7. The number of carbonyl (C=O) groups is 3. The van der Waals surface area contributed by atoms with E-state index in [1.54, 1.807) is 71.2 Å². The number of ketones is 1. The number of hydrogen-bond donors (Lipinski definition) is 4. The number of rotatable bonds is 11. The van der Waals surface area contributed by atoms with Crippen LogP contribution in [0.1, 0.15) is 77.2 Å². The molecule has 1 fully saturated rings. The van der Waals surface area contributed by atoms with Crippen LogP contribution in [0.3, 0.4) is 0 Å². The van der Waals surface area contributed by atoms with Crippen LogP contribution in [0.25, 0.3) is 33.0 Å². The number of unbranched alkanes of at least 4 members (excludes halogenated alkanes) is 1. The second-order valence-electron chi connectivity index (χ2n) is 20.4. The molecule has 5 heterocycles. The summed E-state index contributed by atoms with van der Waals surface area (Å²) in [7, 11) is 1.45. The summed E-state index contributed by atoms with van der Waals surface area (Å²) in [5.41, 5.74) is -0.574. The summed E-state index contributed by atoms with van der Waals surface area (Å²) in [4.78, 5) is 70.2. The number of phenols is 1. The number of fused-ring (bicyclic) bond motifs is 2. The van der Waals surface area contributed by atoms with Gasteiger partial charge >= 0.3 is 11.8 Å². The van der Waals surface area contributed by atoms with Gasteiger partial charge in [-0.1, -0.05) is 52.0 Å². The van der Waals surface area contributed by atoms with Crippen molar-refractivity contribution in [1.82, 2.24) is 24.3 Å². The Morgan fingerprint density at radius 2 is 1.65 bits per heavy atom. The standard InChI is InChI=1S/C56H70N6O13/c1-31-14-12-15-32(2)55(69)59-46-50(67)42-41(45-53(46)74-40-17-13-16-39(44(40)58-45)71-28-11-10-20-60-22-24-61(25-23-60)26-27-62-21-19-57-30-62)43-52(36(6)49(42)66)75-56(8,54(43)68)72-29-18-38(70-9)33(3)51(73-37(7)63)35(5)48(65)34(4)47(31)64/h12-19,21,29-31,33-35,38,47-48,51,64-65,67H,10-11,20,22-28H2,1-9H3,(H,59,69)/b14-12+,29-18+,32-15-/t31-,33+,34+,35+,38-,47-,48+,51+,56-/m0/s1. The number of phenolic OH excluding ortho intramolecular Hbond substituents is 1. The molecule has 19 heteroatoms. The van der Waals surface area contributed by atoms with Gasteiger partial charge in [-0.25, -0.2) is 9.97 Å². The Labute approximate surface area is 435 Å². The SMILES string of the molecule is CO[C@H]1/C=C/O[C@@]2(C)Oc3c(C)c(=O)c4c(O)c(c5oc6cccc(OCCCCN7CCN(CCn8ccnc8)CC7)c6nc5c4c3C2=O)NC(=O)/C(C)=C\C=C\[C@H](C)[C@H](O)[C@@H](C)[C@@H](O)[C@@H](C)[C@H](OC(C)=O)[C@@H]1C. The Kier molecular flexibility index (Phi) is 16.8. The molecule has 0 aliphatic carbocycles. The summed E-state index contributed by atoms with van der Waals surface area (Å²) in [5, 5.41) is 37.7. The number of carbonyl (C=O) groups excluding carboxylic acids is 3. The van der Waals surface area contributed by atoms with Crippen molar-refractivity contribution in [2.24, 2.45) is 23.7 Å². The summed E-state index contributed by atoms with van der Waals surface area (Å²) in [6.45, 7) is 19.8. The van der Waals surface area contributed by atoms with Crippen LogP contribution < -0.4 is 20.2 Å². The van der Waals surface area contributed by atoms with Gasteiger partial charge in [0, 0.05) is 113 Å². The topological polar surface area (TPSA) is 237 Å². The number of ether oxygens (including phenoxy) is 5. The van der Waals surface area contributed by atoms with Crippen molar-refractivity contribution in [1.29, 1.82) is 0 Å². The molecule has 2 aromatic heterocycles. The van der Waals surface area contributed by atoms with Crippen molar-refractivity contribution < 1.29 is 57.8 Å². The van der Waals surface area contributed by atoms with Gasteiger partial charge in [0.05, 0.1) is 48.5 Å². The maximum Gasteiger partial charge on any atom is 0.312 e. The second-order valence-corrected chi connectivity index (χ2v) is 20.4. The van der Waals surface area contributed by atoms with Crippen molar-refractivity contribution >= 4 is 56.3 Å². The van der Waals surface area contributed by atoms with Crippen LogP contribution in [0.15, 0.2) is 82.3 Å². The molecule has 1 amide bonds. The van der Waals surface area contributed by atoms with Gasteiger partial charge in [0.15, 0.2) is 22.3 Å². The van der Waals surface area contributed by atoms with Crippen LogP contribution in [0, 0.1) is 30.6 Å². The molecule has 0 spiro atoms. The summed E-state index contributed by atoms with van der Waals surface area (Å²) in [5.74, 6) is -6.94. The minimum atomic E-state index is -2.07. The van der Waals surface area contributed by atoms with E-state index in [0.717, 1.165) is 58.7 Å². The van der Waals surface area contributed by atoms with Crippen LogP contribution >= 0.6 is 0 Å². The van der Waals surface area contributed by atoms with E-state index in [9.17, 15) is 34.5 Å². The number of anilines is 1. The van der Waals surface area contributed by atoms with Gasteiger partial charge in [-0.15, -0.1) is 0 Å². The van der Waals surface area contributed by atoms with Gasteiger partial charge in [0.2, 0.25) is 0 Å². The molecule has 4 N–H and O–H groups in total. The van der Waals surface area contributed by atoms with Crippen LogP contribution in [0.4, 0.5) is 5.69 Å². The lowest BCUT2D eigenvalue weighted by molar-refractivity contribution is -0.160. The maximum absolute atomic E-state index is 15.0. The van der Waals surface area contributed by atoms with Crippen molar-refractivity contribution in [3.8, 4) is 17.2 Å². The van der Waals surface area contributed by atoms with E-state index in [1.165, 1.54) is 46.3 Å². The molecule has 3 aliphatic rings. The molecule has 8 rings (SSSR count). The van der Waals surface area contributed by atoms with Crippen LogP contribution in [-0.2, 0) is 30.3 Å². The number of esters is 1. The number of para-hydroxylation sites is 1. The van der Waals surface area contributed by atoms with E-state index in [2.05, 4.69) is 24.7 Å². The third kappa shape index (κ3) is 11.3. The largest absolute Gasteiger partial charge is 0.505 e. The zero-order valence-electron chi connectivity index (χ0n) is 44.2. The summed E-state index contributed by atoms with van der Waals surface area (Å²) >= 11 is 0. The smallest absolute Gasteiger partial charge is 0.312 e.